The number of likely N-dealkylation sites (tertiary alicyclic amines) is 1. The maximum atomic E-state index is 6.20. The van der Waals surface area contributed by atoms with Gasteiger partial charge in [0.25, 0.3) is 0 Å². The van der Waals surface area contributed by atoms with Crippen molar-refractivity contribution in [2.45, 2.75) is 32.6 Å². The third-order valence-electron chi connectivity index (χ3n) is 6.14. The van der Waals surface area contributed by atoms with Gasteiger partial charge in [0.2, 0.25) is 5.95 Å². The van der Waals surface area contributed by atoms with Gasteiger partial charge >= 0.3 is 0 Å². The zero-order valence-corrected chi connectivity index (χ0v) is 17.6. The van der Waals surface area contributed by atoms with Crippen molar-refractivity contribution >= 4 is 11.8 Å². The van der Waals surface area contributed by atoms with Crippen LogP contribution in [-0.2, 0) is 0 Å². The highest BCUT2D eigenvalue weighted by Crippen LogP contribution is 2.52. The molecule has 2 fully saturated rings. The summed E-state index contributed by atoms with van der Waals surface area (Å²) in [6.45, 7) is 6.19. The molecule has 3 N–H and O–H groups in total. The second-order valence-electron chi connectivity index (χ2n) is 8.24. The van der Waals surface area contributed by atoms with E-state index < -0.39 is 0 Å². The van der Waals surface area contributed by atoms with Gasteiger partial charge in [-0.25, -0.2) is 4.98 Å². The predicted octanol–water partition coefficient (Wildman–Crippen LogP) is 3.34. The maximum absolute atomic E-state index is 6.20. The molecule has 2 heterocycles. The molecule has 1 saturated carbocycles. The van der Waals surface area contributed by atoms with Crippen LogP contribution in [0.25, 0.3) is 11.1 Å². The van der Waals surface area contributed by atoms with Crippen LogP contribution in [0.15, 0.2) is 18.2 Å². The van der Waals surface area contributed by atoms with E-state index in [1.165, 1.54) is 32.4 Å². The molecule has 1 aromatic carbocycles. The highest BCUT2D eigenvalue weighted by Gasteiger charge is 2.47. The van der Waals surface area contributed by atoms with Crippen LogP contribution in [0.1, 0.15) is 31.4 Å². The van der Waals surface area contributed by atoms with E-state index in [2.05, 4.69) is 20.2 Å². The summed E-state index contributed by atoms with van der Waals surface area (Å²) in [6.07, 6.45) is 5.22. The molecule has 156 valence electrons. The Morgan fingerprint density at radius 2 is 2.03 bits per heavy atom. The number of hydrogen-bond acceptors (Lipinski definition) is 7. The Labute approximate surface area is 172 Å². The van der Waals surface area contributed by atoms with Gasteiger partial charge in [-0.05, 0) is 62.3 Å². The van der Waals surface area contributed by atoms with Gasteiger partial charge in [-0.3, -0.25) is 0 Å². The van der Waals surface area contributed by atoms with Crippen LogP contribution in [-0.4, -0.2) is 55.3 Å². The van der Waals surface area contributed by atoms with Gasteiger partial charge in [0.05, 0.1) is 19.4 Å². The number of rotatable bonds is 8. The summed E-state index contributed by atoms with van der Waals surface area (Å²) in [5.41, 5.74) is 9.45. The molecule has 29 heavy (non-hydrogen) atoms. The topological polar surface area (TPSA) is 85.5 Å². The summed E-state index contributed by atoms with van der Waals surface area (Å²) >= 11 is 0. The first kappa shape index (κ1) is 19.8. The fourth-order valence-corrected chi connectivity index (χ4v) is 4.28. The number of nitrogens with one attached hydrogen (secondary N) is 1. The molecule has 1 aliphatic heterocycles. The summed E-state index contributed by atoms with van der Waals surface area (Å²) in [5.74, 6) is 2.40. The number of nitrogens with two attached hydrogens (primary N) is 1. The zero-order chi connectivity index (χ0) is 20.4. The maximum Gasteiger partial charge on any atom is 0.224 e. The summed E-state index contributed by atoms with van der Waals surface area (Å²) in [4.78, 5) is 11.4. The molecule has 1 saturated heterocycles. The number of aryl methyl sites for hydroxylation is 1. The Hall–Kier alpha value is -2.54. The third kappa shape index (κ3) is 4.24. The van der Waals surface area contributed by atoms with Gasteiger partial charge in [-0.1, -0.05) is 6.07 Å². The van der Waals surface area contributed by atoms with Crippen molar-refractivity contribution in [1.29, 1.82) is 0 Å². The van der Waals surface area contributed by atoms with Crippen LogP contribution in [0.3, 0.4) is 0 Å². The first-order valence-corrected chi connectivity index (χ1v) is 10.4. The minimum atomic E-state index is 0.445. The Morgan fingerprint density at radius 3 is 2.69 bits per heavy atom. The summed E-state index contributed by atoms with van der Waals surface area (Å²) < 4.78 is 11.6. The Bertz CT molecular complexity index is 858. The van der Waals surface area contributed by atoms with E-state index in [-0.39, 0.29) is 0 Å². The van der Waals surface area contributed by atoms with Crippen molar-refractivity contribution in [3.05, 3.63) is 23.9 Å². The van der Waals surface area contributed by atoms with Crippen molar-refractivity contribution in [1.82, 2.24) is 14.9 Å². The molecular formula is C22H31N5O2. The molecule has 4 rings (SSSR count). The molecule has 1 aromatic heterocycles. The molecule has 0 radical (unpaired) electrons. The fourth-order valence-electron chi connectivity index (χ4n) is 4.28. The van der Waals surface area contributed by atoms with Gasteiger partial charge in [0.1, 0.15) is 5.82 Å². The molecule has 1 aliphatic carbocycles. The van der Waals surface area contributed by atoms with Crippen molar-refractivity contribution in [2.75, 3.05) is 51.4 Å². The first-order valence-electron chi connectivity index (χ1n) is 10.4. The number of nitrogens with zero attached hydrogens (tertiary/aromatic N) is 3. The average Bonchev–Trinajstić information content (AvgIpc) is 3.35. The molecular weight excluding hydrogens is 366 g/mol. The standard InChI is InChI=1S/C22H31N5O2/c1-15-19(20(23)26-21(24-2)25-15)16-5-6-17(28-3)18(13-16)29-12-4-10-27-11-9-22(14-27)7-8-22/h5-6,13H,4,7-12,14H2,1-3H3,(H3,23,24,25,26). The van der Waals surface area contributed by atoms with Gasteiger partial charge in [-0.2, -0.15) is 4.98 Å². The Balaban J connectivity index is 1.43. The highest BCUT2D eigenvalue weighted by atomic mass is 16.5. The number of ether oxygens (including phenoxy) is 2. The van der Waals surface area contributed by atoms with Crippen LogP contribution >= 0.6 is 0 Å². The van der Waals surface area contributed by atoms with E-state index in [1.807, 2.05) is 25.1 Å². The number of hydrogen-bond donors (Lipinski definition) is 2. The molecule has 2 aromatic rings. The van der Waals surface area contributed by atoms with Gasteiger partial charge in [0, 0.05) is 25.7 Å². The van der Waals surface area contributed by atoms with Crippen LogP contribution in [0.2, 0.25) is 0 Å². The summed E-state index contributed by atoms with van der Waals surface area (Å²) in [7, 11) is 3.44. The highest BCUT2D eigenvalue weighted by molar-refractivity contribution is 5.78. The number of methoxy groups -OCH3 is 1. The van der Waals surface area contributed by atoms with Crippen molar-refractivity contribution in [3.63, 3.8) is 0 Å². The molecule has 7 nitrogen and oxygen atoms in total. The first-order chi connectivity index (χ1) is 14.0. The lowest BCUT2D eigenvalue weighted by Crippen LogP contribution is -2.23. The lowest BCUT2D eigenvalue weighted by molar-refractivity contribution is 0.249. The second kappa shape index (κ2) is 8.06. The Kier molecular flexibility index (Phi) is 5.50. The predicted molar refractivity (Wildman–Crippen MR) is 116 cm³/mol. The van der Waals surface area contributed by atoms with E-state index in [0.717, 1.165) is 41.3 Å². The fraction of sp³-hybridized carbons (Fsp3) is 0.545. The zero-order valence-electron chi connectivity index (χ0n) is 17.6. The quantitative estimate of drug-likeness (QED) is 0.661. The van der Waals surface area contributed by atoms with E-state index >= 15 is 0 Å². The Morgan fingerprint density at radius 1 is 1.21 bits per heavy atom. The lowest BCUT2D eigenvalue weighted by Gasteiger charge is -2.17. The van der Waals surface area contributed by atoms with Crippen LogP contribution in [0.5, 0.6) is 11.5 Å². The van der Waals surface area contributed by atoms with Crippen LogP contribution < -0.4 is 20.5 Å². The van der Waals surface area contributed by atoms with Crippen molar-refractivity contribution in [2.24, 2.45) is 5.41 Å². The number of benzene rings is 1. The van der Waals surface area contributed by atoms with E-state index in [4.69, 9.17) is 15.2 Å². The van der Waals surface area contributed by atoms with Crippen molar-refractivity contribution in [3.8, 4) is 22.6 Å². The molecule has 2 aliphatic rings. The van der Waals surface area contributed by atoms with Gasteiger partial charge < -0.3 is 25.4 Å². The number of anilines is 2. The number of nitrogen functional groups attached to an aromatic ring is 1. The molecule has 0 unspecified atom stereocenters. The summed E-state index contributed by atoms with van der Waals surface area (Å²) in [6, 6.07) is 5.84. The van der Waals surface area contributed by atoms with Crippen molar-refractivity contribution < 1.29 is 9.47 Å². The minimum Gasteiger partial charge on any atom is -0.493 e. The molecule has 1 spiro atoms. The minimum absolute atomic E-state index is 0.445. The normalized spacial score (nSPS) is 17.5. The van der Waals surface area contributed by atoms with E-state index in [1.54, 1.807) is 14.2 Å². The van der Waals surface area contributed by atoms with Gasteiger partial charge in [-0.15, -0.1) is 0 Å². The second-order valence-corrected chi connectivity index (χ2v) is 8.24. The van der Waals surface area contributed by atoms with E-state index in [9.17, 15) is 0 Å². The largest absolute Gasteiger partial charge is 0.493 e. The third-order valence-corrected chi connectivity index (χ3v) is 6.14. The monoisotopic (exact) mass is 397 g/mol. The smallest absolute Gasteiger partial charge is 0.224 e. The molecule has 0 atom stereocenters. The van der Waals surface area contributed by atoms with Gasteiger partial charge in [0.15, 0.2) is 11.5 Å². The molecule has 0 amide bonds. The van der Waals surface area contributed by atoms with Crippen LogP contribution in [0.4, 0.5) is 11.8 Å². The SMILES string of the molecule is CNc1nc(C)c(-c2ccc(OC)c(OCCCN3CCC4(CC4)C3)c2)c(N)n1. The molecule has 7 heteroatoms. The average molecular weight is 398 g/mol. The molecule has 0 bridgehead atoms. The van der Waals surface area contributed by atoms with Crippen LogP contribution in [0, 0.1) is 12.3 Å². The summed E-state index contributed by atoms with van der Waals surface area (Å²) in [5, 5.41) is 2.93. The lowest BCUT2D eigenvalue weighted by atomic mass is 10.0. The van der Waals surface area contributed by atoms with E-state index in [0.29, 0.717) is 23.8 Å². The number of aromatic nitrogens is 2.